The van der Waals surface area contributed by atoms with Crippen LogP contribution in [-0.4, -0.2) is 35.8 Å². The number of nitrogens with zero attached hydrogens (tertiary/aromatic N) is 1. The van der Waals surface area contributed by atoms with E-state index in [4.69, 9.17) is 9.47 Å². The highest BCUT2D eigenvalue weighted by atomic mass is 16.5. The number of hydrogen-bond acceptors (Lipinski definition) is 4. The fourth-order valence-corrected chi connectivity index (χ4v) is 3.65. The van der Waals surface area contributed by atoms with Crippen molar-refractivity contribution < 1.29 is 14.6 Å². The molecule has 29 heavy (non-hydrogen) atoms. The van der Waals surface area contributed by atoms with Crippen LogP contribution in [0, 0.1) is 0 Å². The molecule has 0 spiro atoms. The van der Waals surface area contributed by atoms with Gasteiger partial charge < -0.3 is 14.6 Å². The van der Waals surface area contributed by atoms with Gasteiger partial charge in [-0.25, -0.2) is 0 Å². The molecule has 0 amide bonds. The first-order chi connectivity index (χ1) is 14.3. The van der Waals surface area contributed by atoms with Gasteiger partial charge in [0.25, 0.3) is 0 Å². The lowest BCUT2D eigenvalue weighted by Gasteiger charge is -2.30. The summed E-state index contributed by atoms with van der Waals surface area (Å²) in [6.45, 7) is 3.25. The number of hydrogen-bond donors (Lipinski definition) is 1. The molecule has 0 fully saturated rings. The highest BCUT2D eigenvalue weighted by molar-refractivity contribution is 5.33. The summed E-state index contributed by atoms with van der Waals surface area (Å²) >= 11 is 0. The van der Waals surface area contributed by atoms with Gasteiger partial charge in [-0.15, -0.1) is 0 Å². The predicted octanol–water partition coefficient (Wildman–Crippen LogP) is 4.06. The third-order valence-electron chi connectivity index (χ3n) is 5.17. The van der Waals surface area contributed by atoms with E-state index in [1.165, 1.54) is 11.1 Å². The maximum atomic E-state index is 10.4. The Kier molecular flexibility index (Phi) is 6.45. The zero-order chi connectivity index (χ0) is 19.9. The minimum Gasteiger partial charge on any atom is -0.491 e. The van der Waals surface area contributed by atoms with E-state index in [1.807, 2.05) is 54.6 Å². The maximum absolute atomic E-state index is 10.4. The molecule has 0 radical (unpaired) electrons. The summed E-state index contributed by atoms with van der Waals surface area (Å²) in [5, 5.41) is 10.4. The normalized spacial score (nSPS) is 14.8. The lowest BCUT2D eigenvalue weighted by Crippen LogP contribution is -2.38. The Bertz CT molecular complexity index is 913. The van der Waals surface area contributed by atoms with Crippen LogP contribution in [0.5, 0.6) is 11.5 Å². The predicted molar refractivity (Wildman–Crippen MR) is 114 cm³/mol. The van der Waals surface area contributed by atoms with Crippen molar-refractivity contribution in [2.45, 2.75) is 25.7 Å². The molecule has 4 nitrogen and oxygen atoms in total. The van der Waals surface area contributed by atoms with Gasteiger partial charge in [-0.05, 0) is 35.2 Å². The molecule has 1 atom stereocenters. The van der Waals surface area contributed by atoms with Gasteiger partial charge in [-0.3, -0.25) is 4.90 Å². The molecule has 0 saturated carbocycles. The monoisotopic (exact) mass is 389 g/mol. The van der Waals surface area contributed by atoms with Crippen molar-refractivity contribution in [3.8, 4) is 11.5 Å². The standard InChI is InChI=1S/C25H27NO3/c27-23(17-26-14-13-21-9-4-5-10-22(21)16-26)19-29-25-12-6-11-24(15-25)28-18-20-7-2-1-3-8-20/h1-12,15,23,27H,13-14,16-19H2. The number of aliphatic hydroxyl groups is 1. The summed E-state index contributed by atoms with van der Waals surface area (Å²) in [6, 6.07) is 26.2. The summed E-state index contributed by atoms with van der Waals surface area (Å²) in [5.41, 5.74) is 3.90. The van der Waals surface area contributed by atoms with Crippen molar-refractivity contribution in [2.75, 3.05) is 19.7 Å². The third-order valence-corrected chi connectivity index (χ3v) is 5.17. The summed E-state index contributed by atoms with van der Waals surface area (Å²) in [7, 11) is 0. The van der Waals surface area contributed by atoms with E-state index < -0.39 is 6.10 Å². The van der Waals surface area contributed by atoms with E-state index in [1.54, 1.807) is 0 Å². The zero-order valence-electron chi connectivity index (χ0n) is 16.5. The molecule has 0 bridgehead atoms. The van der Waals surface area contributed by atoms with Crippen LogP contribution in [0.4, 0.5) is 0 Å². The van der Waals surface area contributed by atoms with E-state index in [2.05, 4.69) is 29.2 Å². The molecular formula is C25H27NO3. The van der Waals surface area contributed by atoms with E-state index in [9.17, 15) is 5.11 Å². The van der Waals surface area contributed by atoms with Crippen molar-refractivity contribution >= 4 is 0 Å². The van der Waals surface area contributed by atoms with Gasteiger partial charge in [0, 0.05) is 25.7 Å². The SMILES string of the molecule is OC(COc1cccc(OCc2ccccc2)c1)CN1CCc2ccccc2C1. The molecule has 1 aliphatic rings. The smallest absolute Gasteiger partial charge is 0.123 e. The number of ether oxygens (including phenoxy) is 2. The summed E-state index contributed by atoms with van der Waals surface area (Å²) in [6.07, 6.45) is 0.499. The van der Waals surface area contributed by atoms with Crippen molar-refractivity contribution in [3.63, 3.8) is 0 Å². The van der Waals surface area contributed by atoms with E-state index in [0.717, 1.165) is 30.8 Å². The van der Waals surface area contributed by atoms with Crippen LogP contribution in [0.3, 0.4) is 0 Å². The maximum Gasteiger partial charge on any atom is 0.123 e. The minimum absolute atomic E-state index is 0.264. The Labute approximate surface area is 172 Å². The second kappa shape index (κ2) is 9.59. The Balaban J connectivity index is 1.24. The van der Waals surface area contributed by atoms with E-state index >= 15 is 0 Å². The highest BCUT2D eigenvalue weighted by Gasteiger charge is 2.18. The summed E-state index contributed by atoms with van der Waals surface area (Å²) < 4.78 is 11.7. The molecular weight excluding hydrogens is 362 g/mol. The lowest BCUT2D eigenvalue weighted by molar-refractivity contribution is 0.0637. The van der Waals surface area contributed by atoms with Crippen molar-refractivity contribution in [3.05, 3.63) is 95.6 Å². The molecule has 3 aromatic carbocycles. The van der Waals surface area contributed by atoms with Crippen LogP contribution in [0.15, 0.2) is 78.9 Å². The number of fused-ring (bicyclic) bond motifs is 1. The molecule has 0 aliphatic carbocycles. The highest BCUT2D eigenvalue weighted by Crippen LogP contribution is 2.21. The van der Waals surface area contributed by atoms with Crippen LogP contribution in [0.2, 0.25) is 0 Å². The first-order valence-corrected chi connectivity index (χ1v) is 10.1. The van der Waals surface area contributed by atoms with Crippen LogP contribution in [-0.2, 0) is 19.6 Å². The Morgan fingerprint density at radius 1 is 0.828 bits per heavy atom. The number of β-amino-alcohol motifs (C(OH)–C–C–N with tert-alkyl or cyclic N) is 1. The molecule has 1 N–H and O–H groups in total. The first-order valence-electron chi connectivity index (χ1n) is 10.1. The third kappa shape index (κ3) is 5.59. The van der Waals surface area contributed by atoms with E-state index in [-0.39, 0.29) is 6.61 Å². The molecule has 0 saturated heterocycles. The molecule has 3 aromatic rings. The van der Waals surface area contributed by atoms with E-state index in [0.29, 0.717) is 18.9 Å². The van der Waals surface area contributed by atoms with Crippen LogP contribution in [0.1, 0.15) is 16.7 Å². The van der Waals surface area contributed by atoms with Crippen LogP contribution < -0.4 is 9.47 Å². The van der Waals surface area contributed by atoms with Gasteiger partial charge in [-0.2, -0.15) is 0 Å². The topological polar surface area (TPSA) is 41.9 Å². The molecule has 1 heterocycles. The molecule has 4 heteroatoms. The summed E-state index contributed by atoms with van der Waals surface area (Å²) in [4.78, 5) is 2.29. The average Bonchev–Trinajstić information content (AvgIpc) is 2.77. The van der Waals surface area contributed by atoms with Gasteiger partial charge in [0.1, 0.15) is 30.8 Å². The molecule has 0 aromatic heterocycles. The Hall–Kier alpha value is -2.82. The average molecular weight is 389 g/mol. The summed E-state index contributed by atoms with van der Waals surface area (Å²) in [5.74, 6) is 1.46. The van der Waals surface area contributed by atoms with Crippen LogP contribution in [0.25, 0.3) is 0 Å². The van der Waals surface area contributed by atoms with Crippen molar-refractivity contribution in [1.82, 2.24) is 4.90 Å². The van der Waals surface area contributed by atoms with Gasteiger partial charge in [0.05, 0.1) is 0 Å². The molecule has 150 valence electrons. The number of rotatable bonds is 8. The largest absolute Gasteiger partial charge is 0.491 e. The molecule has 1 aliphatic heterocycles. The second-order valence-corrected chi connectivity index (χ2v) is 7.47. The molecule has 4 rings (SSSR count). The first kappa shape index (κ1) is 19.5. The second-order valence-electron chi connectivity index (χ2n) is 7.47. The van der Waals surface area contributed by atoms with Gasteiger partial charge in [0.15, 0.2) is 0 Å². The van der Waals surface area contributed by atoms with Crippen molar-refractivity contribution in [2.24, 2.45) is 0 Å². The number of aliphatic hydroxyl groups excluding tert-OH is 1. The lowest BCUT2D eigenvalue weighted by atomic mass is 10.00. The molecule has 1 unspecified atom stereocenters. The Morgan fingerprint density at radius 2 is 1.55 bits per heavy atom. The van der Waals surface area contributed by atoms with Crippen molar-refractivity contribution in [1.29, 1.82) is 0 Å². The quantitative estimate of drug-likeness (QED) is 0.631. The Morgan fingerprint density at radius 3 is 2.38 bits per heavy atom. The van der Waals surface area contributed by atoms with Gasteiger partial charge >= 0.3 is 0 Å². The minimum atomic E-state index is -0.533. The van der Waals surface area contributed by atoms with Crippen LogP contribution >= 0.6 is 0 Å². The number of benzene rings is 3. The fraction of sp³-hybridized carbons (Fsp3) is 0.280. The zero-order valence-corrected chi connectivity index (χ0v) is 16.5. The fourth-order valence-electron chi connectivity index (χ4n) is 3.65. The van der Waals surface area contributed by atoms with Gasteiger partial charge in [-0.1, -0.05) is 60.7 Å². The van der Waals surface area contributed by atoms with Gasteiger partial charge in [0.2, 0.25) is 0 Å².